The van der Waals surface area contributed by atoms with Gasteiger partial charge in [0.05, 0.1) is 12.2 Å². The molecule has 0 bridgehead atoms. The highest BCUT2D eigenvalue weighted by molar-refractivity contribution is 5.77. The number of benzene rings is 1. The minimum absolute atomic E-state index is 0.0863. The summed E-state index contributed by atoms with van der Waals surface area (Å²) in [4.78, 5) is 12.9. The van der Waals surface area contributed by atoms with E-state index < -0.39 is 0 Å². The van der Waals surface area contributed by atoms with Gasteiger partial charge in [-0.05, 0) is 12.1 Å². The fourth-order valence-corrected chi connectivity index (χ4v) is 1.21. The summed E-state index contributed by atoms with van der Waals surface area (Å²) in [6.07, 6.45) is 0. The lowest BCUT2D eigenvalue weighted by atomic mass is 10.2. The predicted molar refractivity (Wildman–Crippen MR) is 61.4 cm³/mol. The largest absolute Gasteiger partial charge is 0.482 e. The number of carbonyl (C=O) groups is 1. The molecule has 0 saturated carbocycles. The summed E-state index contributed by atoms with van der Waals surface area (Å²) in [6.45, 7) is 0.0360. The Labute approximate surface area is 99.8 Å². The third-order valence-electron chi connectivity index (χ3n) is 2.22. The second-order valence-electron chi connectivity index (χ2n) is 3.44. The van der Waals surface area contributed by atoms with Gasteiger partial charge in [-0.15, -0.1) is 0 Å². The highest BCUT2D eigenvalue weighted by Gasteiger charge is 2.10. The van der Waals surface area contributed by atoms with Gasteiger partial charge >= 0.3 is 0 Å². The molecule has 0 saturated heterocycles. The number of rotatable bonds is 5. The molecule has 0 atom stereocenters. The van der Waals surface area contributed by atoms with Crippen LogP contribution in [0.25, 0.3) is 0 Å². The van der Waals surface area contributed by atoms with E-state index in [0.717, 1.165) is 0 Å². The van der Waals surface area contributed by atoms with Gasteiger partial charge in [0.2, 0.25) is 0 Å². The van der Waals surface area contributed by atoms with Crippen LogP contribution in [0.15, 0.2) is 24.3 Å². The minimum Gasteiger partial charge on any atom is -0.482 e. The molecule has 0 aliphatic rings. The topological polar surface area (TPSA) is 73.6 Å². The van der Waals surface area contributed by atoms with Gasteiger partial charge in [0.25, 0.3) is 5.91 Å². The van der Waals surface area contributed by atoms with Crippen LogP contribution in [0, 0.1) is 11.3 Å². The maximum Gasteiger partial charge on any atom is 0.260 e. The Morgan fingerprint density at radius 2 is 2.24 bits per heavy atom. The van der Waals surface area contributed by atoms with E-state index in [1.807, 2.05) is 6.07 Å². The van der Waals surface area contributed by atoms with Gasteiger partial charge in [-0.1, -0.05) is 12.1 Å². The zero-order chi connectivity index (χ0) is 12.7. The number of aliphatic hydroxyl groups excluding tert-OH is 1. The maximum atomic E-state index is 11.5. The summed E-state index contributed by atoms with van der Waals surface area (Å²) in [7, 11) is 1.58. The summed E-state index contributed by atoms with van der Waals surface area (Å²) < 4.78 is 5.26. The SMILES string of the molecule is CN(CCO)C(=O)COc1ccccc1C#N. The third kappa shape index (κ3) is 3.78. The number of hydrogen-bond donors (Lipinski definition) is 1. The molecule has 5 heteroatoms. The lowest BCUT2D eigenvalue weighted by molar-refractivity contribution is -0.132. The van der Waals surface area contributed by atoms with Gasteiger partial charge < -0.3 is 14.7 Å². The number of amides is 1. The van der Waals surface area contributed by atoms with Crippen LogP contribution >= 0.6 is 0 Å². The Kier molecular flexibility index (Phi) is 4.98. The summed E-state index contributed by atoms with van der Waals surface area (Å²) in [5, 5.41) is 17.5. The molecule has 0 radical (unpaired) electrons. The maximum absolute atomic E-state index is 11.5. The first-order chi connectivity index (χ1) is 8.19. The second kappa shape index (κ2) is 6.51. The van der Waals surface area contributed by atoms with Gasteiger partial charge in [0.15, 0.2) is 6.61 Å². The molecule has 5 nitrogen and oxygen atoms in total. The van der Waals surface area contributed by atoms with Crippen LogP contribution in [0.3, 0.4) is 0 Å². The van der Waals surface area contributed by atoms with Crippen LogP contribution in [0.1, 0.15) is 5.56 Å². The van der Waals surface area contributed by atoms with Crippen molar-refractivity contribution in [3.8, 4) is 11.8 Å². The molecular formula is C12H14N2O3. The number of para-hydroxylation sites is 1. The summed E-state index contributed by atoms with van der Waals surface area (Å²) in [5.74, 6) is 0.146. The van der Waals surface area contributed by atoms with E-state index in [1.54, 1.807) is 31.3 Å². The summed E-state index contributed by atoms with van der Waals surface area (Å²) in [5.41, 5.74) is 0.394. The fraction of sp³-hybridized carbons (Fsp3) is 0.333. The zero-order valence-electron chi connectivity index (χ0n) is 9.59. The van der Waals surface area contributed by atoms with Crippen molar-refractivity contribution in [2.45, 2.75) is 0 Å². The van der Waals surface area contributed by atoms with Crippen molar-refractivity contribution in [2.75, 3.05) is 26.8 Å². The Morgan fingerprint density at radius 3 is 2.88 bits per heavy atom. The smallest absolute Gasteiger partial charge is 0.260 e. The third-order valence-corrected chi connectivity index (χ3v) is 2.22. The number of nitrogens with zero attached hydrogens (tertiary/aromatic N) is 2. The van der Waals surface area contributed by atoms with Crippen molar-refractivity contribution in [2.24, 2.45) is 0 Å². The number of hydrogen-bond acceptors (Lipinski definition) is 4. The minimum atomic E-state index is -0.244. The van der Waals surface area contributed by atoms with E-state index in [0.29, 0.717) is 11.3 Å². The first kappa shape index (κ1) is 13.0. The Morgan fingerprint density at radius 1 is 1.53 bits per heavy atom. The quantitative estimate of drug-likeness (QED) is 0.799. The van der Waals surface area contributed by atoms with Crippen molar-refractivity contribution in [3.05, 3.63) is 29.8 Å². The van der Waals surface area contributed by atoms with E-state index in [9.17, 15) is 4.79 Å². The zero-order valence-corrected chi connectivity index (χ0v) is 9.59. The molecule has 1 N–H and O–H groups in total. The lowest BCUT2D eigenvalue weighted by Gasteiger charge is -2.16. The molecule has 0 aliphatic carbocycles. The van der Waals surface area contributed by atoms with Gasteiger partial charge in [-0.3, -0.25) is 4.79 Å². The molecule has 0 spiro atoms. The molecule has 0 aromatic heterocycles. The molecule has 17 heavy (non-hydrogen) atoms. The molecule has 0 fully saturated rings. The van der Waals surface area contributed by atoms with Crippen molar-refractivity contribution in [1.29, 1.82) is 5.26 Å². The first-order valence-corrected chi connectivity index (χ1v) is 5.15. The molecule has 0 aliphatic heterocycles. The highest BCUT2D eigenvalue weighted by atomic mass is 16.5. The van der Waals surface area contributed by atoms with Crippen LogP contribution in [-0.4, -0.2) is 42.7 Å². The van der Waals surface area contributed by atoms with E-state index in [1.165, 1.54) is 4.90 Å². The number of likely N-dealkylation sites (N-methyl/N-ethyl adjacent to an activating group) is 1. The van der Waals surface area contributed by atoms with E-state index in [-0.39, 0.29) is 25.7 Å². The molecule has 1 aromatic rings. The average Bonchev–Trinajstić information content (AvgIpc) is 2.36. The highest BCUT2D eigenvalue weighted by Crippen LogP contribution is 2.16. The standard InChI is InChI=1S/C12H14N2O3/c1-14(6-7-15)12(16)9-17-11-5-3-2-4-10(11)8-13/h2-5,15H,6-7,9H2,1H3. The van der Waals surface area contributed by atoms with E-state index >= 15 is 0 Å². The Bertz CT molecular complexity index is 426. The normalized spacial score (nSPS) is 9.47. The summed E-state index contributed by atoms with van der Waals surface area (Å²) in [6, 6.07) is 8.70. The van der Waals surface area contributed by atoms with Crippen LogP contribution in [0.4, 0.5) is 0 Å². The molecule has 0 heterocycles. The van der Waals surface area contributed by atoms with E-state index in [4.69, 9.17) is 15.1 Å². The van der Waals surface area contributed by atoms with Gasteiger partial charge in [0.1, 0.15) is 11.8 Å². The average molecular weight is 234 g/mol. The molecule has 1 amide bonds. The van der Waals surface area contributed by atoms with Crippen LogP contribution < -0.4 is 4.74 Å². The van der Waals surface area contributed by atoms with Crippen LogP contribution in [-0.2, 0) is 4.79 Å². The first-order valence-electron chi connectivity index (χ1n) is 5.15. The lowest BCUT2D eigenvalue weighted by Crippen LogP contribution is -2.33. The van der Waals surface area contributed by atoms with Crippen molar-refractivity contribution in [3.63, 3.8) is 0 Å². The van der Waals surface area contributed by atoms with E-state index in [2.05, 4.69) is 0 Å². The van der Waals surface area contributed by atoms with Crippen LogP contribution in [0.2, 0.25) is 0 Å². The summed E-state index contributed by atoms with van der Waals surface area (Å²) >= 11 is 0. The number of carbonyl (C=O) groups excluding carboxylic acids is 1. The van der Waals surface area contributed by atoms with Crippen LogP contribution in [0.5, 0.6) is 5.75 Å². The van der Waals surface area contributed by atoms with Gasteiger partial charge in [-0.25, -0.2) is 0 Å². The predicted octanol–water partition coefficient (Wildman–Crippen LogP) is 0.388. The van der Waals surface area contributed by atoms with Crippen molar-refractivity contribution in [1.82, 2.24) is 4.90 Å². The second-order valence-corrected chi connectivity index (χ2v) is 3.44. The van der Waals surface area contributed by atoms with Gasteiger partial charge in [0, 0.05) is 13.6 Å². The number of aliphatic hydroxyl groups is 1. The molecule has 1 rings (SSSR count). The Hall–Kier alpha value is -2.06. The van der Waals surface area contributed by atoms with Crippen molar-refractivity contribution >= 4 is 5.91 Å². The fourth-order valence-electron chi connectivity index (χ4n) is 1.21. The Balaban J connectivity index is 2.56. The molecule has 1 aromatic carbocycles. The van der Waals surface area contributed by atoms with Crippen molar-refractivity contribution < 1.29 is 14.6 Å². The number of nitriles is 1. The molecular weight excluding hydrogens is 220 g/mol. The number of ether oxygens (including phenoxy) is 1. The molecule has 0 unspecified atom stereocenters. The molecule has 90 valence electrons. The monoisotopic (exact) mass is 234 g/mol. The van der Waals surface area contributed by atoms with Gasteiger partial charge in [-0.2, -0.15) is 5.26 Å².